The van der Waals surface area contributed by atoms with Crippen LogP contribution in [-0.4, -0.2) is 130 Å². The SMILES string of the molecule is CCN(CC)c1ccc2c(-c3ccc(S(=O)(=O)NCCC(=O)NCCOCCOCCOCCOCCC(=O)O)cc3S(=O)(=O)[O-])c3ccc(=[N+](CC)CC)cc-3oc2c1. The van der Waals surface area contributed by atoms with Crippen molar-refractivity contribution in [1.82, 2.24) is 14.6 Å². The molecule has 0 spiro atoms. The van der Waals surface area contributed by atoms with Gasteiger partial charge in [-0.05, 0) is 58.0 Å². The van der Waals surface area contributed by atoms with E-state index >= 15 is 0 Å². The fraction of sp³-hybridized carbons (Fsp3) is 0.488. The van der Waals surface area contributed by atoms with Crippen LogP contribution in [0, 0.1) is 0 Å². The molecule has 19 heteroatoms. The summed E-state index contributed by atoms with van der Waals surface area (Å²) in [6.45, 7) is 13.2. The third-order valence-electron chi connectivity index (χ3n) is 9.54. The number of nitrogens with zero attached hydrogens (tertiary/aromatic N) is 2. The van der Waals surface area contributed by atoms with E-state index in [0.717, 1.165) is 43.3 Å². The average molecular weight is 877 g/mol. The van der Waals surface area contributed by atoms with Crippen molar-refractivity contribution in [1.29, 1.82) is 0 Å². The van der Waals surface area contributed by atoms with Crippen LogP contribution in [0.1, 0.15) is 40.5 Å². The molecule has 0 saturated carbocycles. The number of sulfonamides is 1. The number of amides is 1. The number of hydrogen-bond acceptors (Lipinski definition) is 13. The van der Waals surface area contributed by atoms with Crippen molar-refractivity contribution >= 4 is 48.7 Å². The lowest BCUT2D eigenvalue weighted by atomic mass is 9.93. The van der Waals surface area contributed by atoms with Crippen molar-refractivity contribution in [3.05, 3.63) is 60.0 Å². The molecule has 4 rings (SSSR count). The van der Waals surface area contributed by atoms with Crippen LogP contribution in [0.2, 0.25) is 0 Å². The number of carboxylic acids is 1. The van der Waals surface area contributed by atoms with E-state index in [1.165, 1.54) is 12.1 Å². The van der Waals surface area contributed by atoms with Crippen LogP contribution < -0.4 is 24.9 Å². The van der Waals surface area contributed by atoms with E-state index in [1.807, 2.05) is 64.1 Å². The summed E-state index contributed by atoms with van der Waals surface area (Å²) in [5, 5.41) is 12.6. The maximum absolute atomic E-state index is 13.4. The molecule has 0 saturated heterocycles. The van der Waals surface area contributed by atoms with Crippen LogP contribution in [0.25, 0.3) is 33.4 Å². The van der Waals surface area contributed by atoms with Crippen LogP contribution >= 0.6 is 0 Å². The number of carboxylic acid groups (broad SMARTS) is 1. The van der Waals surface area contributed by atoms with Crippen molar-refractivity contribution in [2.24, 2.45) is 0 Å². The summed E-state index contributed by atoms with van der Waals surface area (Å²) in [6.07, 6.45) is -0.274. The summed E-state index contributed by atoms with van der Waals surface area (Å²) in [5.74, 6) is -0.908. The number of carbonyl (C=O) groups is 2. The Labute approximate surface area is 351 Å². The smallest absolute Gasteiger partial charge is 0.305 e. The monoisotopic (exact) mass is 876 g/mol. The van der Waals surface area contributed by atoms with Gasteiger partial charge < -0.3 is 43.2 Å². The molecule has 2 aliphatic rings. The first-order valence-electron chi connectivity index (χ1n) is 20.0. The van der Waals surface area contributed by atoms with E-state index in [0.29, 0.717) is 54.3 Å². The molecule has 330 valence electrons. The van der Waals surface area contributed by atoms with E-state index in [4.69, 9.17) is 28.5 Å². The first kappa shape index (κ1) is 48.2. The van der Waals surface area contributed by atoms with Crippen LogP contribution in [0.5, 0.6) is 0 Å². The van der Waals surface area contributed by atoms with Crippen LogP contribution in [0.3, 0.4) is 0 Å². The average Bonchev–Trinajstić information content (AvgIpc) is 3.21. The molecule has 1 heterocycles. The number of anilines is 1. The van der Waals surface area contributed by atoms with Gasteiger partial charge in [0.1, 0.15) is 34.6 Å². The van der Waals surface area contributed by atoms with Crippen molar-refractivity contribution < 1.29 is 59.4 Å². The molecular formula is C41H56N4O13S2. The molecule has 60 heavy (non-hydrogen) atoms. The number of carbonyl (C=O) groups excluding carboxylic acids is 1. The number of hydrogen-bond donors (Lipinski definition) is 3. The summed E-state index contributed by atoms with van der Waals surface area (Å²) in [4.78, 5) is 23.8. The third-order valence-corrected chi connectivity index (χ3v) is 11.9. The Balaban J connectivity index is 1.40. The molecule has 0 bridgehead atoms. The number of benzene rings is 3. The zero-order valence-corrected chi connectivity index (χ0v) is 36.2. The van der Waals surface area contributed by atoms with Gasteiger partial charge in [-0.1, -0.05) is 6.07 Å². The molecule has 0 aromatic heterocycles. The number of nitrogens with one attached hydrogen (secondary N) is 2. The minimum Gasteiger partial charge on any atom is -0.744 e. The Morgan fingerprint density at radius 3 is 1.97 bits per heavy atom. The molecule has 1 aliphatic carbocycles. The summed E-state index contributed by atoms with van der Waals surface area (Å²) in [7, 11) is -9.58. The van der Waals surface area contributed by atoms with Gasteiger partial charge in [-0.2, -0.15) is 0 Å². The highest BCUT2D eigenvalue weighted by molar-refractivity contribution is 7.89. The summed E-state index contributed by atoms with van der Waals surface area (Å²) in [5.41, 5.74) is 2.32. The maximum atomic E-state index is 13.4. The number of fused-ring (bicyclic) bond motifs is 2. The number of aliphatic carboxylic acids is 1. The zero-order chi connectivity index (χ0) is 43.7. The standard InChI is InChI=1S/C41H56N4O13S2/c1-5-44(6-2)30-9-12-33-36(27-30)58-37-28-31(45(7-3)8-4)10-13-34(37)41(33)35-14-11-32(29-38(35)60(51,52)53)59(49,50)43-17-15-39(46)42-18-20-55-22-24-57-26-25-56-23-21-54-19-16-40(47)48/h9-14,27-29,43H,5-8,15-26H2,1-4H3,(H2-,42,46,47,48,51,52,53). The van der Waals surface area contributed by atoms with Gasteiger partial charge in [0.15, 0.2) is 0 Å². The lowest BCUT2D eigenvalue weighted by molar-refractivity contribution is -0.138. The number of rotatable bonds is 27. The fourth-order valence-electron chi connectivity index (χ4n) is 6.47. The molecule has 3 N–H and O–H groups in total. The van der Waals surface area contributed by atoms with Crippen LogP contribution in [-0.2, 0) is 48.7 Å². The Morgan fingerprint density at radius 2 is 1.37 bits per heavy atom. The molecule has 2 aromatic carbocycles. The number of ether oxygens (including phenoxy) is 4. The van der Waals surface area contributed by atoms with Gasteiger partial charge in [-0.15, -0.1) is 0 Å². The first-order valence-corrected chi connectivity index (χ1v) is 22.9. The van der Waals surface area contributed by atoms with Crippen molar-refractivity contribution in [2.75, 3.05) is 97.0 Å². The normalized spacial score (nSPS) is 11.9. The lowest BCUT2D eigenvalue weighted by Gasteiger charge is -2.23. The van der Waals surface area contributed by atoms with Gasteiger partial charge in [-0.3, -0.25) is 9.59 Å². The van der Waals surface area contributed by atoms with Gasteiger partial charge in [0.25, 0.3) is 0 Å². The summed E-state index contributed by atoms with van der Waals surface area (Å²) < 4.78 is 97.6. The highest BCUT2D eigenvalue weighted by Gasteiger charge is 2.25. The van der Waals surface area contributed by atoms with E-state index < -0.39 is 41.8 Å². The molecule has 0 atom stereocenters. The van der Waals surface area contributed by atoms with Gasteiger partial charge in [0, 0.05) is 72.5 Å². The summed E-state index contributed by atoms with van der Waals surface area (Å²) in [6, 6.07) is 14.6. The molecular weight excluding hydrogens is 821 g/mol. The molecule has 2 aromatic rings. The van der Waals surface area contributed by atoms with Crippen molar-refractivity contribution in [3.63, 3.8) is 0 Å². The van der Waals surface area contributed by atoms with Crippen molar-refractivity contribution in [3.8, 4) is 22.5 Å². The molecule has 0 unspecified atom stereocenters. The molecule has 1 amide bonds. The second-order valence-electron chi connectivity index (χ2n) is 13.4. The van der Waals surface area contributed by atoms with Gasteiger partial charge >= 0.3 is 5.97 Å². The molecule has 17 nitrogen and oxygen atoms in total. The maximum Gasteiger partial charge on any atom is 0.305 e. The predicted molar refractivity (Wildman–Crippen MR) is 224 cm³/mol. The molecule has 0 fully saturated rings. The lowest BCUT2D eigenvalue weighted by Crippen LogP contribution is -2.32. The summed E-state index contributed by atoms with van der Waals surface area (Å²) >= 11 is 0. The topological polar surface area (TPSA) is 226 Å². The van der Waals surface area contributed by atoms with Gasteiger partial charge in [0.2, 0.25) is 21.3 Å². The van der Waals surface area contributed by atoms with Gasteiger partial charge in [-0.25, -0.2) is 26.1 Å². The minimum absolute atomic E-state index is 0.0249. The van der Waals surface area contributed by atoms with Crippen LogP contribution in [0.15, 0.2) is 68.8 Å². The Morgan fingerprint density at radius 1 is 0.750 bits per heavy atom. The Kier molecular flexibility index (Phi) is 18.9. The highest BCUT2D eigenvalue weighted by atomic mass is 32.2. The second-order valence-corrected chi connectivity index (χ2v) is 16.5. The van der Waals surface area contributed by atoms with E-state index in [2.05, 4.69) is 19.5 Å². The van der Waals surface area contributed by atoms with E-state index in [-0.39, 0.29) is 57.9 Å². The van der Waals surface area contributed by atoms with Gasteiger partial charge in [0.05, 0.1) is 75.1 Å². The Bertz CT molecular complexity index is 2300. The quantitative estimate of drug-likeness (QED) is 0.0339. The first-order chi connectivity index (χ1) is 28.7. The molecule has 0 radical (unpaired) electrons. The highest BCUT2D eigenvalue weighted by Crippen LogP contribution is 2.43. The zero-order valence-electron chi connectivity index (χ0n) is 34.6. The van der Waals surface area contributed by atoms with E-state index in [1.54, 1.807) is 0 Å². The van der Waals surface area contributed by atoms with Crippen molar-refractivity contribution in [2.45, 2.75) is 50.3 Å². The van der Waals surface area contributed by atoms with E-state index in [9.17, 15) is 31.0 Å². The Hall–Kier alpha value is -4.47. The fourth-order valence-corrected chi connectivity index (χ4v) is 8.31. The minimum atomic E-state index is -5.22. The predicted octanol–water partition coefficient (Wildman–Crippen LogP) is 3.09. The third kappa shape index (κ3) is 13.8. The van der Waals surface area contributed by atoms with Crippen LogP contribution in [0.4, 0.5) is 5.69 Å². The molecule has 1 aliphatic heterocycles. The second kappa shape index (κ2) is 23.5. The largest absolute Gasteiger partial charge is 0.744 e.